The van der Waals surface area contributed by atoms with E-state index in [1.165, 1.54) is 0 Å². The molecule has 17 heavy (non-hydrogen) atoms. The molecule has 0 atom stereocenters. The van der Waals surface area contributed by atoms with Crippen molar-refractivity contribution >= 4 is 17.6 Å². The van der Waals surface area contributed by atoms with Crippen LogP contribution in [0.3, 0.4) is 0 Å². The Morgan fingerprint density at radius 2 is 2.00 bits per heavy atom. The van der Waals surface area contributed by atoms with Crippen LogP contribution in [0.15, 0.2) is 41.2 Å². The van der Waals surface area contributed by atoms with Gasteiger partial charge in [-0.1, -0.05) is 18.2 Å². The Morgan fingerprint density at radius 1 is 1.29 bits per heavy atom. The van der Waals surface area contributed by atoms with Gasteiger partial charge in [0.1, 0.15) is 0 Å². The number of hydrogen-bond acceptors (Lipinski definition) is 4. The zero-order chi connectivity index (χ0) is 12.3. The molecule has 0 amide bonds. The maximum absolute atomic E-state index is 11.2. The maximum Gasteiger partial charge on any atom is 0.354 e. The summed E-state index contributed by atoms with van der Waals surface area (Å²) in [5.74, 6) is -1.15. The second-order valence-electron chi connectivity index (χ2n) is 3.28. The summed E-state index contributed by atoms with van der Waals surface area (Å²) >= 11 is 0. The number of aromatic nitrogens is 2. The lowest BCUT2D eigenvalue weighted by atomic mass is 10.3. The molecule has 0 saturated heterocycles. The fourth-order valence-electron chi connectivity index (χ4n) is 1.28. The Morgan fingerprint density at radius 3 is 2.65 bits per heavy atom. The lowest BCUT2D eigenvalue weighted by Crippen LogP contribution is -2.14. The molecule has 2 aromatic rings. The molecule has 1 aromatic heterocycles. The third kappa shape index (κ3) is 2.69. The largest absolute Gasteiger partial charge is 0.477 e. The molecular formula is C11H9N3O3. The smallest absolute Gasteiger partial charge is 0.354 e. The molecule has 3 N–H and O–H groups in total. The molecule has 0 fully saturated rings. The van der Waals surface area contributed by atoms with E-state index >= 15 is 0 Å². The number of aromatic carboxylic acids is 1. The van der Waals surface area contributed by atoms with Gasteiger partial charge in [0.2, 0.25) is 5.95 Å². The van der Waals surface area contributed by atoms with Crippen molar-refractivity contribution in [2.24, 2.45) is 0 Å². The van der Waals surface area contributed by atoms with E-state index in [9.17, 15) is 9.59 Å². The summed E-state index contributed by atoms with van der Waals surface area (Å²) in [6.07, 6.45) is 0. The minimum atomic E-state index is -1.24. The second-order valence-corrected chi connectivity index (χ2v) is 3.28. The quantitative estimate of drug-likeness (QED) is 0.738. The molecule has 0 spiro atoms. The van der Waals surface area contributed by atoms with Gasteiger partial charge in [0.05, 0.1) is 0 Å². The van der Waals surface area contributed by atoms with Crippen LogP contribution < -0.4 is 10.9 Å². The average Bonchev–Trinajstić information content (AvgIpc) is 2.29. The molecular weight excluding hydrogens is 222 g/mol. The van der Waals surface area contributed by atoms with Crippen molar-refractivity contribution in [2.45, 2.75) is 0 Å². The highest BCUT2D eigenvalue weighted by Crippen LogP contribution is 2.10. The summed E-state index contributed by atoms with van der Waals surface area (Å²) < 4.78 is 0. The number of nitrogens with zero attached hydrogens (tertiary/aromatic N) is 1. The van der Waals surface area contributed by atoms with E-state index in [4.69, 9.17) is 5.11 Å². The maximum atomic E-state index is 11.2. The number of H-pyrrole nitrogens is 1. The minimum absolute atomic E-state index is 0.0982. The highest BCUT2D eigenvalue weighted by Gasteiger charge is 2.07. The van der Waals surface area contributed by atoms with Crippen LogP contribution in [0, 0.1) is 0 Å². The highest BCUT2D eigenvalue weighted by atomic mass is 16.4. The fraction of sp³-hybridized carbons (Fsp3) is 0. The normalized spacial score (nSPS) is 9.88. The molecule has 0 aliphatic heterocycles. The van der Waals surface area contributed by atoms with Crippen LogP contribution in [-0.4, -0.2) is 21.0 Å². The van der Waals surface area contributed by atoms with Gasteiger partial charge in [0.15, 0.2) is 5.69 Å². The minimum Gasteiger partial charge on any atom is -0.477 e. The highest BCUT2D eigenvalue weighted by molar-refractivity contribution is 5.85. The van der Waals surface area contributed by atoms with E-state index in [1.54, 1.807) is 12.1 Å². The molecule has 1 aromatic carbocycles. The van der Waals surface area contributed by atoms with Crippen LogP contribution in [-0.2, 0) is 0 Å². The number of aromatic amines is 1. The Bertz CT molecular complexity index is 592. The summed E-state index contributed by atoms with van der Waals surface area (Å²) in [7, 11) is 0. The van der Waals surface area contributed by atoms with Gasteiger partial charge < -0.3 is 10.4 Å². The van der Waals surface area contributed by atoms with Gasteiger partial charge in [-0.25, -0.2) is 9.78 Å². The molecule has 0 saturated carbocycles. The molecule has 0 aliphatic rings. The summed E-state index contributed by atoms with van der Waals surface area (Å²) in [6.45, 7) is 0. The van der Waals surface area contributed by atoms with Crippen LogP contribution >= 0.6 is 0 Å². The average molecular weight is 231 g/mol. The Kier molecular flexibility index (Phi) is 2.87. The third-order valence-corrected chi connectivity index (χ3v) is 2.00. The number of rotatable bonds is 3. The molecule has 0 unspecified atom stereocenters. The first-order valence-corrected chi connectivity index (χ1v) is 4.82. The number of benzene rings is 1. The standard InChI is InChI=1S/C11H9N3O3/c15-9-6-8(10(16)17)13-11(14-9)12-7-4-2-1-3-5-7/h1-6H,(H,16,17)(H2,12,13,14,15). The topological polar surface area (TPSA) is 95.1 Å². The number of para-hydroxylation sites is 1. The first-order chi connectivity index (χ1) is 8.15. The van der Waals surface area contributed by atoms with E-state index in [2.05, 4.69) is 15.3 Å². The van der Waals surface area contributed by atoms with Crippen molar-refractivity contribution in [3.8, 4) is 0 Å². The SMILES string of the molecule is O=C(O)c1cc(=O)[nH]c(Nc2ccccc2)n1. The van der Waals surface area contributed by atoms with Gasteiger partial charge in [0.25, 0.3) is 5.56 Å². The van der Waals surface area contributed by atoms with E-state index < -0.39 is 11.5 Å². The van der Waals surface area contributed by atoms with Crippen molar-refractivity contribution in [3.63, 3.8) is 0 Å². The summed E-state index contributed by atoms with van der Waals surface area (Å²) in [5, 5.41) is 11.6. The zero-order valence-corrected chi connectivity index (χ0v) is 8.68. The Balaban J connectivity index is 2.34. The first kappa shape index (κ1) is 10.9. The van der Waals surface area contributed by atoms with Crippen LogP contribution in [0.1, 0.15) is 10.5 Å². The fourth-order valence-corrected chi connectivity index (χ4v) is 1.28. The Labute approximate surface area is 96.0 Å². The van der Waals surface area contributed by atoms with Gasteiger partial charge in [-0.2, -0.15) is 0 Å². The number of nitrogens with one attached hydrogen (secondary N) is 2. The predicted molar refractivity (Wildman–Crippen MR) is 61.5 cm³/mol. The predicted octanol–water partition coefficient (Wildman–Crippen LogP) is 1.21. The van der Waals surface area contributed by atoms with E-state index in [1.807, 2.05) is 18.2 Å². The van der Waals surface area contributed by atoms with Crippen molar-refractivity contribution in [1.82, 2.24) is 9.97 Å². The Hall–Kier alpha value is -2.63. The van der Waals surface area contributed by atoms with E-state index in [0.29, 0.717) is 5.69 Å². The summed E-state index contributed by atoms with van der Waals surface area (Å²) in [5.41, 5.74) is -0.110. The number of hydrogen-bond donors (Lipinski definition) is 3. The van der Waals surface area contributed by atoms with Crippen molar-refractivity contribution < 1.29 is 9.90 Å². The van der Waals surface area contributed by atoms with Gasteiger partial charge in [-0.05, 0) is 12.1 Å². The number of carbonyl (C=O) groups is 1. The third-order valence-electron chi connectivity index (χ3n) is 2.00. The van der Waals surface area contributed by atoms with Gasteiger partial charge in [-0.15, -0.1) is 0 Å². The van der Waals surface area contributed by atoms with Crippen LogP contribution in [0.25, 0.3) is 0 Å². The van der Waals surface area contributed by atoms with Crippen LogP contribution in [0.2, 0.25) is 0 Å². The molecule has 86 valence electrons. The summed E-state index contributed by atoms with van der Waals surface area (Å²) in [6, 6.07) is 9.93. The molecule has 6 heteroatoms. The lowest BCUT2D eigenvalue weighted by molar-refractivity contribution is 0.0690. The van der Waals surface area contributed by atoms with Crippen molar-refractivity contribution in [1.29, 1.82) is 0 Å². The molecule has 2 rings (SSSR count). The molecule has 0 radical (unpaired) electrons. The van der Waals surface area contributed by atoms with Gasteiger partial charge >= 0.3 is 5.97 Å². The van der Waals surface area contributed by atoms with Gasteiger partial charge in [0, 0.05) is 11.8 Å². The lowest BCUT2D eigenvalue weighted by Gasteiger charge is -2.04. The summed E-state index contributed by atoms with van der Waals surface area (Å²) in [4.78, 5) is 28.1. The van der Waals surface area contributed by atoms with Crippen LogP contribution in [0.5, 0.6) is 0 Å². The number of carboxylic acids is 1. The molecule has 0 aliphatic carbocycles. The monoisotopic (exact) mass is 231 g/mol. The van der Waals surface area contributed by atoms with Crippen LogP contribution in [0.4, 0.5) is 11.6 Å². The number of carboxylic acid groups (broad SMARTS) is 1. The molecule has 1 heterocycles. The molecule has 0 bridgehead atoms. The molecule has 6 nitrogen and oxygen atoms in total. The van der Waals surface area contributed by atoms with Crippen molar-refractivity contribution in [2.75, 3.05) is 5.32 Å². The first-order valence-electron chi connectivity index (χ1n) is 4.82. The second kappa shape index (κ2) is 4.48. The van der Waals surface area contributed by atoms with Gasteiger partial charge in [-0.3, -0.25) is 9.78 Å². The zero-order valence-electron chi connectivity index (χ0n) is 8.68. The number of anilines is 2. The van der Waals surface area contributed by atoms with E-state index in [-0.39, 0.29) is 11.6 Å². The van der Waals surface area contributed by atoms with Crippen molar-refractivity contribution in [3.05, 3.63) is 52.4 Å². The van der Waals surface area contributed by atoms with E-state index in [0.717, 1.165) is 6.07 Å².